The maximum Gasteiger partial charge on any atom is 0.257 e. The second-order valence-corrected chi connectivity index (χ2v) is 4.89. The lowest BCUT2D eigenvalue weighted by Crippen LogP contribution is -2.14. The molecule has 5 nitrogen and oxygen atoms in total. The van der Waals surface area contributed by atoms with Crippen molar-refractivity contribution in [3.63, 3.8) is 0 Å². The van der Waals surface area contributed by atoms with Gasteiger partial charge in [-0.2, -0.15) is 0 Å². The highest BCUT2D eigenvalue weighted by atomic mass is 16.1. The quantitative estimate of drug-likeness (QED) is 0.876. The van der Waals surface area contributed by atoms with Crippen LogP contribution in [0.5, 0.6) is 0 Å². The fourth-order valence-electron chi connectivity index (χ4n) is 1.78. The number of hydrogen-bond donors (Lipinski definition) is 1. The summed E-state index contributed by atoms with van der Waals surface area (Å²) in [4.78, 5) is 29.3. The van der Waals surface area contributed by atoms with Crippen LogP contribution in [0.25, 0.3) is 0 Å². The highest BCUT2D eigenvalue weighted by Gasteiger charge is 2.08. The number of carbonyl (C=O) groups is 2. The number of ketones is 1. The number of hydrogen-bond acceptors (Lipinski definition) is 4. The maximum absolute atomic E-state index is 12.1. The van der Waals surface area contributed by atoms with Crippen LogP contribution in [0.4, 0.5) is 11.5 Å². The highest BCUT2D eigenvalue weighted by Crippen LogP contribution is 2.13. The fourth-order valence-corrected chi connectivity index (χ4v) is 1.78. The first-order valence-electron chi connectivity index (χ1n) is 6.53. The third-order valence-electron chi connectivity index (χ3n) is 3.02. The van der Waals surface area contributed by atoms with E-state index in [4.69, 9.17) is 0 Å². The van der Waals surface area contributed by atoms with Gasteiger partial charge >= 0.3 is 0 Å². The molecule has 0 unspecified atom stereocenters. The van der Waals surface area contributed by atoms with Gasteiger partial charge in [0, 0.05) is 31.5 Å². The summed E-state index contributed by atoms with van der Waals surface area (Å²) in [6, 6.07) is 10.3. The number of rotatable bonds is 4. The monoisotopic (exact) mass is 283 g/mol. The van der Waals surface area contributed by atoms with E-state index < -0.39 is 0 Å². The van der Waals surface area contributed by atoms with Crippen molar-refractivity contribution in [1.82, 2.24) is 4.98 Å². The van der Waals surface area contributed by atoms with Crippen LogP contribution < -0.4 is 10.2 Å². The van der Waals surface area contributed by atoms with Gasteiger partial charge in [-0.05, 0) is 43.3 Å². The fraction of sp³-hybridized carbons (Fsp3) is 0.188. The molecule has 0 saturated carbocycles. The molecule has 108 valence electrons. The molecule has 0 radical (unpaired) electrons. The number of nitrogens with zero attached hydrogens (tertiary/aromatic N) is 2. The lowest BCUT2D eigenvalue weighted by Gasteiger charge is -2.11. The van der Waals surface area contributed by atoms with Crippen LogP contribution in [0.2, 0.25) is 0 Å². The summed E-state index contributed by atoms with van der Waals surface area (Å²) in [6.45, 7) is 1.51. The Morgan fingerprint density at radius 1 is 1.00 bits per heavy atom. The maximum atomic E-state index is 12.1. The molecule has 21 heavy (non-hydrogen) atoms. The van der Waals surface area contributed by atoms with Crippen LogP contribution >= 0.6 is 0 Å². The van der Waals surface area contributed by atoms with Gasteiger partial charge in [0.1, 0.15) is 5.82 Å². The number of aromatic nitrogens is 1. The Balaban J connectivity index is 2.08. The van der Waals surface area contributed by atoms with Gasteiger partial charge in [0.25, 0.3) is 5.91 Å². The van der Waals surface area contributed by atoms with Crippen molar-refractivity contribution in [2.45, 2.75) is 6.92 Å². The standard InChI is InChI=1S/C16H17N3O2/c1-11(20)12-4-7-14(8-5-12)18-16(21)13-6-9-15(17-10-13)19(2)3/h4-10H,1-3H3,(H,18,21). The molecule has 0 saturated heterocycles. The Hall–Kier alpha value is -2.69. The van der Waals surface area contributed by atoms with Crippen LogP contribution in [0.1, 0.15) is 27.6 Å². The summed E-state index contributed by atoms with van der Waals surface area (Å²) < 4.78 is 0. The van der Waals surface area contributed by atoms with Gasteiger partial charge < -0.3 is 10.2 Å². The van der Waals surface area contributed by atoms with Gasteiger partial charge in [0.15, 0.2) is 5.78 Å². The van der Waals surface area contributed by atoms with Crippen LogP contribution in [-0.2, 0) is 0 Å². The number of Topliss-reactive ketones (excluding diaryl/α,β-unsaturated/α-hetero) is 1. The van der Waals surface area contributed by atoms with Crippen molar-refractivity contribution in [2.75, 3.05) is 24.3 Å². The molecule has 0 spiro atoms. The molecule has 0 atom stereocenters. The van der Waals surface area contributed by atoms with Crippen LogP contribution in [-0.4, -0.2) is 30.8 Å². The zero-order chi connectivity index (χ0) is 15.4. The molecular formula is C16H17N3O2. The predicted octanol–water partition coefficient (Wildman–Crippen LogP) is 2.60. The highest BCUT2D eigenvalue weighted by molar-refractivity contribution is 6.04. The Labute approximate surface area is 123 Å². The molecule has 0 bridgehead atoms. The van der Waals surface area contributed by atoms with Gasteiger partial charge in [0.2, 0.25) is 0 Å². The molecule has 0 aliphatic rings. The molecule has 1 aromatic heterocycles. The minimum atomic E-state index is -0.233. The van der Waals surface area contributed by atoms with E-state index >= 15 is 0 Å². The van der Waals surface area contributed by atoms with E-state index in [9.17, 15) is 9.59 Å². The minimum Gasteiger partial charge on any atom is -0.363 e. The SMILES string of the molecule is CC(=O)c1ccc(NC(=O)c2ccc(N(C)C)nc2)cc1. The van der Waals surface area contributed by atoms with Crippen molar-refractivity contribution in [2.24, 2.45) is 0 Å². The van der Waals surface area contributed by atoms with E-state index in [0.717, 1.165) is 5.82 Å². The molecule has 5 heteroatoms. The largest absolute Gasteiger partial charge is 0.363 e. The molecule has 2 rings (SSSR count). The molecule has 0 aliphatic heterocycles. The van der Waals surface area contributed by atoms with Gasteiger partial charge in [-0.25, -0.2) is 4.98 Å². The van der Waals surface area contributed by atoms with Crippen molar-refractivity contribution >= 4 is 23.2 Å². The van der Waals surface area contributed by atoms with Crippen molar-refractivity contribution in [3.05, 3.63) is 53.7 Å². The average molecular weight is 283 g/mol. The number of carbonyl (C=O) groups excluding carboxylic acids is 2. The normalized spacial score (nSPS) is 10.0. The summed E-state index contributed by atoms with van der Waals surface area (Å²) in [5.41, 5.74) is 1.74. The van der Waals surface area contributed by atoms with Crippen molar-refractivity contribution in [3.8, 4) is 0 Å². The van der Waals surface area contributed by atoms with Gasteiger partial charge in [-0.15, -0.1) is 0 Å². The number of anilines is 2. The smallest absolute Gasteiger partial charge is 0.257 e. The summed E-state index contributed by atoms with van der Waals surface area (Å²) in [5.74, 6) is 0.553. The first-order valence-corrected chi connectivity index (χ1v) is 6.53. The van der Waals surface area contributed by atoms with E-state index in [-0.39, 0.29) is 11.7 Å². The lowest BCUT2D eigenvalue weighted by atomic mass is 10.1. The Bertz CT molecular complexity index is 646. The van der Waals surface area contributed by atoms with E-state index in [0.29, 0.717) is 16.8 Å². The summed E-state index contributed by atoms with van der Waals surface area (Å²) in [5, 5.41) is 2.77. The molecule has 2 aromatic rings. The molecule has 1 aromatic carbocycles. The molecule has 0 fully saturated rings. The van der Waals surface area contributed by atoms with E-state index in [1.807, 2.05) is 19.0 Å². The number of nitrogens with one attached hydrogen (secondary N) is 1. The van der Waals surface area contributed by atoms with Gasteiger partial charge in [0.05, 0.1) is 5.56 Å². The second-order valence-electron chi connectivity index (χ2n) is 4.89. The first-order chi connectivity index (χ1) is 9.97. The zero-order valence-corrected chi connectivity index (χ0v) is 12.3. The minimum absolute atomic E-state index is 0.00338. The second kappa shape index (κ2) is 6.17. The van der Waals surface area contributed by atoms with Gasteiger partial charge in [-0.3, -0.25) is 9.59 Å². The van der Waals surface area contributed by atoms with Crippen LogP contribution in [0.15, 0.2) is 42.6 Å². The Morgan fingerprint density at radius 3 is 2.10 bits per heavy atom. The molecule has 1 N–H and O–H groups in total. The Morgan fingerprint density at radius 2 is 1.62 bits per heavy atom. The first kappa shape index (κ1) is 14.7. The van der Waals surface area contributed by atoms with E-state index in [2.05, 4.69) is 10.3 Å². The third-order valence-corrected chi connectivity index (χ3v) is 3.02. The zero-order valence-electron chi connectivity index (χ0n) is 12.3. The lowest BCUT2D eigenvalue weighted by molar-refractivity contribution is 0.101. The molecule has 0 aliphatic carbocycles. The average Bonchev–Trinajstić information content (AvgIpc) is 2.47. The van der Waals surface area contributed by atoms with Gasteiger partial charge in [-0.1, -0.05) is 0 Å². The number of amides is 1. The molecule has 1 amide bonds. The summed E-state index contributed by atoms with van der Waals surface area (Å²) >= 11 is 0. The number of benzene rings is 1. The Kier molecular flexibility index (Phi) is 4.33. The summed E-state index contributed by atoms with van der Waals surface area (Å²) in [7, 11) is 3.78. The van der Waals surface area contributed by atoms with E-state index in [1.54, 1.807) is 36.4 Å². The van der Waals surface area contributed by atoms with E-state index in [1.165, 1.54) is 13.1 Å². The third kappa shape index (κ3) is 3.66. The van der Waals surface area contributed by atoms with Crippen molar-refractivity contribution < 1.29 is 9.59 Å². The summed E-state index contributed by atoms with van der Waals surface area (Å²) in [6.07, 6.45) is 1.54. The topological polar surface area (TPSA) is 62.3 Å². The number of pyridine rings is 1. The van der Waals surface area contributed by atoms with Crippen LogP contribution in [0.3, 0.4) is 0 Å². The van der Waals surface area contributed by atoms with Crippen LogP contribution in [0, 0.1) is 0 Å². The molecular weight excluding hydrogens is 266 g/mol. The molecule has 1 heterocycles. The predicted molar refractivity (Wildman–Crippen MR) is 83.0 cm³/mol. The van der Waals surface area contributed by atoms with Crippen molar-refractivity contribution in [1.29, 1.82) is 0 Å².